The lowest BCUT2D eigenvalue weighted by Crippen LogP contribution is -1.59. The molecule has 0 nitrogen and oxygen atoms in total. The summed E-state index contributed by atoms with van der Waals surface area (Å²) in [6, 6.07) is 0. The summed E-state index contributed by atoms with van der Waals surface area (Å²) in [5.41, 5.74) is 0. The molecule has 0 atom stereocenters. The number of hydrogen-bond acceptors (Lipinski definition) is 0. The van der Waals surface area contributed by atoms with Gasteiger partial charge < -0.3 is 0 Å². The molecule has 0 radical (unpaired) electrons. The molecule has 0 aromatic carbocycles. The van der Waals surface area contributed by atoms with Gasteiger partial charge in [0.2, 0.25) is 0 Å². The van der Waals surface area contributed by atoms with Gasteiger partial charge in [-0.05, 0) is 0 Å². The highest BCUT2D eigenvalue weighted by atomic mass is 13.7. The zero-order valence-electron chi connectivity index (χ0n) is 19.7. The lowest BCUT2D eigenvalue weighted by Gasteiger charge is -1.79. The second-order valence-corrected chi connectivity index (χ2v) is 3.06. The van der Waals surface area contributed by atoms with Crippen LogP contribution in [0.1, 0.15) is 135 Å². The molecule has 0 aliphatic rings. The maximum atomic E-state index is 3.00. The van der Waals surface area contributed by atoms with Crippen molar-refractivity contribution < 1.29 is 0 Å². The van der Waals surface area contributed by atoms with Crippen LogP contribution < -0.4 is 0 Å². The fourth-order valence-electron chi connectivity index (χ4n) is 0.354. The van der Waals surface area contributed by atoms with Gasteiger partial charge in [0.25, 0.3) is 0 Å². The van der Waals surface area contributed by atoms with Gasteiger partial charge in [0.1, 0.15) is 0 Å². The fraction of sp³-hybridized carbons (Fsp3) is 0.909. The zero-order valence-corrected chi connectivity index (χ0v) is 19.7. The number of hydrogen-bond donors (Lipinski definition) is 0. The van der Waals surface area contributed by atoms with Crippen LogP contribution in [0, 0.1) is 0 Å². The Morgan fingerprint density at radius 3 is 0.545 bits per heavy atom. The molecule has 0 aliphatic carbocycles. The van der Waals surface area contributed by atoms with Crippen molar-refractivity contribution in [2.45, 2.75) is 135 Å². The van der Waals surface area contributed by atoms with Gasteiger partial charge in [0.15, 0.2) is 0 Å². The van der Waals surface area contributed by atoms with E-state index in [9.17, 15) is 0 Å². The normalized spacial score (nSPS) is 5.36. The monoisotopic (exact) mass is 322 g/mol. The van der Waals surface area contributed by atoms with Crippen LogP contribution in [0.15, 0.2) is 13.2 Å². The molecule has 0 heteroatoms. The lowest BCUT2D eigenvalue weighted by molar-refractivity contribution is 0.772. The van der Waals surface area contributed by atoms with Crippen LogP contribution in [0.2, 0.25) is 0 Å². The first-order valence-corrected chi connectivity index (χ1v) is 10.2. The van der Waals surface area contributed by atoms with E-state index >= 15 is 0 Å². The number of rotatable bonds is 3. The average Bonchev–Trinajstić information content (AvgIpc) is 2.65. The quantitative estimate of drug-likeness (QED) is 0.453. The summed E-state index contributed by atoms with van der Waals surface area (Å²) < 4.78 is 0. The van der Waals surface area contributed by atoms with Crippen molar-refractivity contribution in [3.05, 3.63) is 13.2 Å². The molecule has 0 amide bonds. The van der Waals surface area contributed by atoms with E-state index < -0.39 is 0 Å². The first-order valence-electron chi connectivity index (χ1n) is 10.2. The van der Waals surface area contributed by atoms with E-state index in [0.29, 0.717) is 0 Å². The Labute approximate surface area is 149 Å². The number of unbranched alkanes of at least 4 members (excludes halogenated alkanes) is 3. The Bertz CT molecular complexity index is 35.3. The van der Waals surface area contributed by atoms with Gasteiger partial charge in [-0.25, -0.2) is 0 Å². The van der Waals surface area contributed by atoms with Crippen LogP contribution in [0.4, 0.5) is 0 Å². The molecule has 22 heavy (non-hydrogen) atoms. The van der Waals surface area contributed by atoms with Gasteiger partial charge in [0.05, 0.1) is 0 Å². The first-order chi connectivity index (χ1) is 10.7. The van der Waals surface area contributed by atoms with Crippen molar-refractivity contribution in [1.82, 2.24) is 0 Å². The summed E-state index contributed by atoms with van der Waals surface area (Å²) in [7, 11) is 0. The Balaban J connectivity index is -0.0000000177. The van der Waals surface area contributed by atoms with Crippen LogP contribution in [-0.4, -0.2) is 0 Å². The average molecular weight is 323 g/mol. The minimum Gasteiger partial charge on any atom is -0.106 e. The van der Waals surface area contributed by atoms with Crippen molar-refractivity contribution >= 4 is 0 Å². The first kappa shape index (κ1) is 49.5. The van der Waals surface area contributed by atoms with E-state index in [0.717, 1.165) is 0 Å². The van der Waals surface area contributed by atoms with Gasteiger partial charge >= 0.3 is 0 Å². The predicted molar refractivity (Wildman–Crippen MR) is 118 cm³/mol. The maximum Gasteiger partial charge on any atom is -0.0538 e. The summed E-state index contributed by atoms with van der Waals surface area (Å²) in [5, 5.41) is 0. The third kappa shape index (κ3) is 923. The van der Waals surface area contributed by atoms with Crippen molar-refractivity contribution in [1.29, 1.82) is 0 Å². The molecular formula is C22H58. The SMILES string of the molecule is C=C.CC.CC.CC.CC.CCC.CCCC.CCCCC. The summed E-state index contributed by atoms with van der Waals surface area (Å²) >= 11 is 0. The maximum absolute atomic E-state index is 3.00. The fourth-order valence-corrected chi connectivity index (χ4v) is 0.354. The van der Waals surface area contributed by atoms with Crippen LogP contribution in [0.25, 0.3) is 0 Å². The molecule has 0 saturated heterocycles. The van der Waals surface area contributed by atoms with E-state index in [-0.39, 0.29) is 0 Å². The topological polar surface area (TPSA) is 0 Å². The predicted octanol–water partition coefficient (Wildman–Crippen LogP) is 10.3. The molecule has 0 N–H and O–H groups in total. The molecule has 0 saturated carbocycles. The Hall–Kier alpha value is -0.260. The van der Waals surface area contributed by atoms with Gasteiger partial charge in [0, 0.05) is 0 Å². The molecule has 0 aliphatic heterocycles. The largest absolute Gasteiger partial charge is 0.106 e. The standard InChI is InChI=1S/C5H12.C4H10.C3H8.4C2H6.C2H4/c1-3-5-4-2;1-3-4-2;1-3-2;5*1-2/h3-5H2,1-2H3;3-4H2,1-2H3;3H2,1-2H3;4*1-2H3;1-2H2. The molecular weight excluding hydrogens is 264 g/mol. The smallest absolute Gasteiger partial charge is 0.0538 e. The Kier molecular flexibility index (Phi) is 552. The van der Waals surface area contributed by atoms with Crippen molar-refractivity contribution in [3.63, 3.8) is 0 Å². The third-order valence-corrected chi connectivity index (χ3v) is 1.21. The molecule has 0 spiro atoms. The molecule has 0 aromatic heterocycles. The summed E-state index contributed by atoms with van der Waals surface area (Å²) in [6.07, 6.45) is 7.97. The third-order valence-electron chi connectivity index (χ3n) is 1.21. The van der Waals surface area contributed by atoms with E-state index in [1.807, 2.05) is 55.4 Å². The molecule has 0 bridgehead atoms. The molecule has 0 heterocycles. The van der Waals surface area contributed by atoms with Gasteiger partial charge in [-0.2, -0.15) is 0 Å². The van der Waals surface area contributed by atoms with Crippen LogP contribution in [0.5, 0.6) is 0 Å². The Morgan fingerprint density at radius 1 is 0.409 bits per heavy atom. The highest BCUT2D eigenvalue weighted by Crippen LogP contribution is 1.88. The minimum atomic E-state index is 1.25. The zero-order chi connectivity index (χ0) is 20.2. The summed E-state index contributed by atoms with van der Waals surface area (Å²) in [6.45, 7) is 35.0. The lowest BCUT2D eigenvalue weighted by atomic mass is 10.3. The van der Waals surface area contributed by atoms with Gasteiger partial charge in [-0.15, -0.1) is 13.2 Å². The molecule has 0 aromatic rings. The molecule has 0 unspecified atom stereocenters. The van der Waals surface area contributed by atoms with Gasteiger partial charge in [-0.3, -0.25) is 0 Å². The van der Waals surface area contributed by atoms with E-state index in [1.165, 1.54) is 38.5 Å². The summed E-state index contributed by atoms with van der Waals surface area (Å²) in [5.74, 6) is 0. The van der Waals surface area contributed by atoms with Crippen molar-refractivity contribution in [3.8, 4) is 0 Å². The minimum absolute atomic E-state index is 1.25. The second-order valence-electron chi connectivity index (χ2n) is 3.06. The van der Waals surface area contributed by atoms with E-state index in [2.05, 4.69) is 54.7 Å². The molecule has 146 valence electrons. The highest BCUT2D eigenvalue weighted by Gasteiger charge is 1.68. The van der Waals surface area contributed by atoms with Crippen LogP contribution in [-0.2, 0) is 0 Å². The van der Waals surface area contributed by atoms with Gasteiger partial charge in [-0.1, -0.05) is 135 Å². The van der Waals surface area contributed by atoms with Crippen molar-refractivity contribution in [2.24, 2.45) is 0 Å². The Morgan fingerprint density at radius 2 is 0.545 bits per heavy atom. The van der Waals surface area contributed by atoms with Crippen molar-refractivity contribution in [2.75, 3.05) is 0 Å². The van der Waals surface area contributed by atoms with E-state index in [1.54, 1.807) is 0 Å². The highest BCUT2D eigenvalue weighted by molar-refractivity contribution is 4.24. The van der Waals surface area contributed by atoms with E-state index in [4.69, 9.17) is 0 Å². The van der Waals surface area contributed by atoms with Crippen LogP contribution >= 0.6 is 0 Å². The second kappa shape index (κ2) is 245. The molecule has 0 fully saturated rings. The summed E-state index contributed by atoms with van der Waals surface area (Å²) in [4.78, 5) is 0. The molecule has 0 rings (SSSR count). The van der Waals surface area contributed by atoms with Crippen LogP contribution in [0.3, 0.4) is 0 Å².